The zero-order valence-corrected chi connectivity index (χ0v) is 16.9. The first-order valence-electron chi connectivity index (χ1n) is 9.59. The van der Waals surface area contributed by atoms with Gasteiger partial charge in [-0.15, -0.1) is 0 Å². The van der Waals surface area contributed by atoms with E-state index in [1.54, 1.807) is 26.5 Å². The number of benzene rings is 1. The second-order valence-electron chi connectivity index (χ2n) is 7.10. The fraction of sp³-hybridized carbons (Fsp3) is 0.429. The summed E-state index contributed by atoms with van der Waals surface area (Å²) in [4.78, 5) is 33.4. The smallest absolute Gasteiger partial charge is 0.271 e. The molecular formula is C21H26N4O4. The van der Waals surface area contributed by atoms with Crippen molar-refractivity contribution in [2.24, 2.45) is 5.92 Å². The molecule has 0 aliphatic heterocycles. The molecule has 0 unspecified atom stereocenters. The minimum Gasteiger partial charge on any atom is -0.497 e. The van der Waals surface area contributed by atoms with Crippen LogP contribution in [0.25, 0.3) is 0 Å². The van der Waals surface area contributed by atoms with Crippen molar-refractivity contribution in [2.45, 2.75) is 38.8 Å². The molecule has 2 N–H and O–H groups in total. The molecule has 1 aromatic carbocycles. The van der Waals surface area contributed by atoms with E-state index in [1.807, 2.05) is 19.1 Å². The Hall–Kier alpha value is -3.16. The molecule has 2 atom stereocenters. The van der Waals surface area contributed by atoms with Gasteiger partial charge in [0.2, 0.25) is 5.91 Å². The van der Waals surface area contributed by atoms with Crippen molar-refractivity contribution in [3.63, 3.8) is 0 Å². The van der Waals surface area contributed by atoms with E-state index in [-0.39, 0.29) is 29.5 Å². The summed E-state index contributed by atoms with van der Waals surface area (Å²) in [6, 6.07) is 5.27. The fourth-order valence-electron chi connectivity index (χ4n) is 3.49. The van der Waals surface area contributed by atoms with Crippen LogP contribution in [0.3, 0.4) is 0 Å². The molecule has 1 aromatic heterocycles. The number of hydrogen-bond acceptors (Lipinski definition) is 6. The number of nitrogens with zero attached hydrogens (tertiary/aromatic N) is 2. The second-order valence-corrected chi connectivity index (χ2v) is 7.10. The van der Waals surface area contributed by atoms with Gasteiger partial charge in [-0.3, -0.25) is 14.6 Å². The van der Waals surface area contributed by atoms with Crippen LogP contribution in [0.2, 0.25) is 0 Å². The molecule has 0 saturated heterocycles. The predicted molar refractivity (Wildman–Crippen MR) is 107 cm³/mol. The zero-order chi connectivity index (χ0) is 20.8. The minimum absolute atomic E-state index is 0.0791. The summed E-state index contributed by atoms with van der Waals surface area (Å²) in [5.74, 6) is 0.673. The van der Waals surface area contributed by atoms with Crippen molar-refractivity contribution >= 4 is 11.8 Å². The van der Waals surface area contributed by atoms with E-state index in [0.29, 0.717) is 18.0 Å². The Morgan fingerprint density at radius 3 is 2.41 bits per heavy atom. The van der Waals surface area contributed by atoms with Crippen molar-refractivity contribution in [3.8, 4) is 11.5 Å². The van der Waals surface area contributed by atoms with E-state index in [2.05, 4.69) is 20.6 Å². The van der Waals surface area contributed by atoms with Gasteiger partial charge in [0.15, 0.2) is 0 Å². The third-order valence-electron chi connectivity index (χ3n) is 5.06. The number of methoxy groups -OCH3 is 2. The Kier molecular flexibility index (Phi) is 6.64. The Morgan fingerprint density at radius 2 is 1.79 bits per heavy atom. The normalized spacial score (nSPS) is 18.2. The van der Waals surface area contributed by atoms with Gasteiger partial charge >= 0.3 is 0 Å². The van der Waals surface area contributed by atoms with Crippen LogP contribution in [-0.2, 0) is 11.3 Å². The van der Waals surface area contributed by atoms with Crippen LogP contribution in [0.4, 0.5) is 0 Å². The average molecular weight is 398 g/mol. The Bertz CT molecular complexity index is 847. The summed E-state index contributed by atoms with van der Waals surface area (Å²) in [5, 5.41) is 5.90. The molecule has 8 nitrogen and oxygen atoms in total. The molecule has 154 valence electrons. The van der Waals surface area contributed by atoms with E-state index in [1.165, 1.54) is 6.20 Å². The molecule has 0 bridgehead atoms. The van der Waals surface area contributed by atoms with Gasteiger partial charge in [0, 0.05) is 24.8 Å². The quantitative estimate of drug-likeness (QED) is 0.740. The molecule has 0 spiro atoms. The number of aryl methyl sites for hydroxylation is 1. The van der Waals surface area contributed by atoms with Gasteiger partial charge in [-0.25, -0.2) is 4.98 Å². The van der Waals surface area contributed by atoms with Gasteiger partial charge in [0.25, 0.3) is 5.91 Å². The third-order valence-corrected chi connectivity index (χ3v) is 5.06. The lowest BCUT2D eigenvalue weighted by molar-refractivity contribution is -0.125. The Morgan fingerprint density at radius 1 is 1.07 bits per heavy atom. The first-order valence-corrected chi connectivity index (χ1v) is 9.59. The maximum absolute atomic E-state index is 12.7. The zero-order valence-electron chi connectivity index (χ0n) is 16.9. The lowest BCUT2D eigenvalue weighted by Gasteiger charge is -2.20. The fourth-order valence-corrected chi connectivity index (χ4v) is 3.49. The van der Waals surface area contributed by atoms with Crippen LogP contribution < -0.4 is 20.1 Å². The summed E-state index contributed by atoms with van der Waals surface area (Å²) in [5.41, 5.74) is 1.88. The minimum atomic E-state index is -0.306. The number of amides is 2. The van der Waals surface area contributed by atoms with Crippen LogP contribution >= 0.6 is 0 Å². The maximum atomic E-state index is 12.7. The molecule has 1 saturated carbocycles. The summed E-state index contributed by atoms with van der Waals surface area (Å²) in [6.45, 7) is 2.16. The second kappa shape index (κ2) is 9.36. The Balaban J connectivity index is 1.60. The number of rotatable bonds is 7. The maximum Gasteiger partial charge on any atom is 0.271 e. The molecule has 8 heteroatoms. The molecular weight excluding hydrogens is 372 g/mol. The molecule has 3 rings (SSSR count). The third kappa shape index (κ3) is 5.22. The highest BCUT2D eigenvalue weighted by Crippen LogP contribution is 2.27. The monoisotopic (exact) mass is 398 g/mol. The van der Waals surface area contributed by atoms with Gasteiger partial charge < -0.3 is 20.1 Å². The van der Waals surface area contributed by atoms with E-state index >= 15 is 0 Å². The number of aromatic nitrogens is 2. The first-order chi connectivity index (χ1) is 14.0. The van der Waals surface area contributed by atoms with Crippen LogP contribution in [-0.4, -0.2) is 42.0 Å². The standard InChI is InChI=1S/C21H26N4O4/c1-13-10-23-19(12-22-13)21(27)25-18-6-4-5-17(18)20(26)24-11-14-7-15(28-2)9-16(8-14)29-3/h7-10,12,17-18H,4-6,11H2,1-3H3,(H,24,26)(H,25,27)/t17-,18+/m0/s1. The van der Waals surface area contributed by atoms with Gasteiger partial charge in [-0.05, 0) is 37.5 Å². The molecule has 29 heavy (non-hydrogen) atoms. The molecule has 2 amide bonds. The van der Waals surface area contributed by atoms with Crippen molar-refractivity contribution in [3.05, 3.63) is 47.5 Å². The largest absolute Gasteiger partial charge is 0.497 e. The number of ether oxygens (including phenoxy) is 2. The molecule has 1 aliphatic rings. The Labute approximate surface area is 170 Å². The van der Waals surface area contributed by atoms with Crippen molar-refractivity contribution in [1.82, 2.24) is 20.6 Å². The van der Waals surface area contributed by atoms with E-state index in [0.717, 1.165) is 30.5 Å². The molecule has 2 aromatic rings. The predicted octanol–water partition coefficient (Wildman–Crippen LogP) is 2.02. The van der Waals surface area contributed by atoms with Crippen molar-refractivity contribution < 1.29 is 19.1 Å². The number of carbonyl (C=O) groups excluding carboxylic acids is 2. The van der Waals surface area contributed by atoms with Crippen LogP contribution in [0.1, 0.15) is 41.0 Å². The van der Waals surface area contributed by atoms with E-state index in [9.17, 15) is 9.59 Å². The number of carbonyl (C=O) groups is 2. The molecule has 1 fully saturated rings. The lowest BCUT2D eigenvalue weighted by atomic mass is 10.0. The first kappa shape index (κ1) is 20.6. The van der Waals surface area contributed by atoms with Gasteiger partial charge in [0.05, 0.1) is 32.0 Å². The molecule has 1 aliphatic carbocycles. The highest BCUT2D eigenvalue weighted by molar-refractivity contribution is 5.92. The summed E-state index contributed by atoms with van der Waals surface area (Å²) >= 11 is 0. The van der Waals surface area contributed by atoms with Crippen LogP contribution in [0, 0.1) is 12.8 Å². The highest BCUT2D eigenvalue weighted by atomic mass is 16.5. The summed E-state index contributed by atoms with van der Waals surface area (Å²) in [6.07, 6.45) is 5.38. The topological polar surface area (TPSA) is 102 Å². The molecule has 0 radical (unpaired) electrons. The molecule has 1 heterocycles. The van der Waals surface area contributed by atoms with E-state index in [4.69, 9.17) is 9.47 Å². The number of nitrogens with one attached hydrogen (secondary N) is 2. The summed E-state index contributed by atoms with van der Waals surface area (Å²) in [7, 11) is 3.17. The SMILES string of the molecule is COc1cc(CNC(=O)[C@H]2CCC[C@H]2NC(=O)c2cnc(C)cn2)cc(OC)c1. The average Bonchev–Trinajstić information content (AvgIpc) is 3.20. The van der Waals surface area contributed by atoms with Crippen molar-refractivity contribution in [1.29, 1.82) is 0 Å². The van der Waals surface area contributed by atoms with Crippen molar-refractivity contribution in [2.75, 3.05) is 14.2 Å². The van der Waals surface area contributed by atoms with Gasteiger partial charge in [-0.2, -0.15) is 0 Å². The van der Waals surface area contributed by atoms with E-state index < -0.39 is 0 Å². The van der Waals surface area contributed by atoms with Gasteiger partial charge in [0.1, 0.15) is 17.2 Å². The van der Waals surface area contributed by atoms with Gasteiger partial charge in [-0.1, -0.05) is 6.42 Å². The summed E-state index contributed by atoms with van der Waals surface area (Å²) < 4.78 is 10.5. The van der Waals surface area contributed by atoms with Crippen LogP contribution in [0.15, 0.2) is 30.6 Å². The highest BCUT2D eigenvalue weighted by Gasteiger charge is 2.34. The number of hydrogen-bond donors (Lipinski definition) is 2. The lowest BCUT2D eigenvalue weighted by Crippen LogP contribution is -2.44. The van der Waals surface area contributed by atoms with Crippen LogP contribution in [0.5, 0.6) is 11.5 Å².